The fraction of sp³-hybridized carbons (Fsp3) is 0.500. The highest BCUT2D eigenvalue weighted by Crippen LogP contribution is 2.20. The average molecular weight is 250 g/mol. The van der Waals surface area contributed by atoms with E-state index in [0.29, 0.717) is 6.54 Å². The second-order valence-corrected chi connectivity index (χ2v) is 4.43. The fourth-order valence-corrected chi connectivity index (χ4v) is 1.57. The van der Waals surface area contributed by atoms with E-state index in [9.17, 15) is 4.79 Å². The largest absolute Gasteiger partial charge is 0.497 e. The van der Waals surface area contributed by atoms with Crippen molar-refractivity contribution in [2.24, 2.45) is 0 Å². The van der Waals surface area contributed by atoms with E-state index in [-0.39, 0.29) is 17.9 Å². The molecule has 0 bridgehead atoms. The molecule has 1 aromatic rings. The molecule has 1 amide bonds. The number of carbonyl (C=O) groups is 1. The molecule has 0 aromatic heterocycles. The van der Waals surface area contributed by atoms with Crippen LogP contribution in [0.15, 0.2) is 24.3 Å². The van der Waals surface area contributed by atoms with E-state index in [1.54, 1.807) is 7.11 Å². The summed E-state index contributed by atoms with van der Waals surface area (Å²) in [6, 6.07) is 7.87. The molecule has 0 saturated heterocycles. The zero-order valence-corrected chi connectivity index (χ0v) is 11.5. The van der Waals surface area contributed by atoms with Crippen LogP contribution in [0.1, 0.15) is 25.3 Å². The van der Waals surface area contributed by atoms with Crippen LogP contribution in [0.5, 0.6) is 5.75 Å². The van der Waals surface area contributed by atoms with E-state index >= 15 is 0 Å². The second kappa shape index (κ2) is 7.01. The van der Waals surface area contributed by atoms with Gasteiger partial charge in [-0.05, 0) is 38.6 Å². The third kappa shape index (κ3) is 4.04. The Morgan fingerprint density at radius 1 is 1.39 bits per heavy atom. The number of amides is 1. The molecule has 0 radical (unpaired) electrons. The Bertz CT molecular complexity index is 393. The summed E-state index contributed by atoms with van der Waals surface area (Å²) < 4.78 is 5.16. The summed E-state index contributed by atoms with van der Waals surface area (Å²) >= 11 is 0. The topological polar surface area (TPSA) is 50.4 Å². The number of rotatable bonds is 6. The molecule has 0 aliphatic rings. The number of likely N-dealkylation sites (N-methyl/N-ethyl adjacent to an activating group) is 1. The molecular weight excluding hydrogens is 228 g/mol. The summed E-state index contributed by atoms with van der Waals surface area (Å²) in [5, 5.41) is 6.01. The van der Waals surface area contributed by atoms with E-state index in [2.05, 4.69) is 10.6 Å². The SMILES string of the molecule is CNC(C)CNC(=O)C(C)c1cccc(OC)c1. The Morgan fingerprint density at radius 2 is 2.11 bits per heavy atom. The van der Waals surface area contributed by atoms with Crippen molar-refractivity contribution in [3.8, 4) is 5.75 Å². The van der Waals surface area contributed by atoms with Crippen LogP contribution in [-0.4, -0.2) is 32.7 Å². The quantitative estimate of drug-likeness (QED) is 0.805. The van der Waals surface area contributed by atoms with Crippen molar-refractivity contribution < 1.29 is 9.53 Å². The molecule has 1 aromatic carbocycles. The summed E-state index contributed by atoms with van der Waals surface area (Å²) in [4.78, 5) is 12.0. The van der Waals surface area contributed by atoms with Gasteiger partial charge in [-0.3, -0.25) is 4.79 Å². The van der Waals surface area contributed by atoms with Crippen LogP contribution in [-0.2, 0) is 4.79 Å². The van der Waals surface area contributed by atoms with Crippen molar-refractivity contribution in [3.63, 3.8) is 0 Å². The van der Waals surface area contributed by atoms with E-state index in [4.69, 9.17) is 4.74 Å². The van der Waals surface area contributed by atoms with Crippen molar-refractivity contribution in [3.05, 3.63) is 29.8 Å². The number of carbonyl (C=O) groups excluding carboxylic acids is 1. The lowest BCUT2D eigenvalue weighted by Gasteiger charge is -2.16. The van der Waals surface area contributed by atoms with Gasteiger partial charge in [-0.1, -0.05) is 12.1 Å². The maximum atomic E-state index is 12.0. The van der Waals surface area contributed by atoms with Crippen molar-refractivity contribution in [1.29, 1.82) is 0 Å². The summed E-state index contributed by atoms with van der Waals surface area (Å²) in [6.45, 7) is 4.55. The second-order valence-electron chi connectivity index (χ2n) is 4.43. The molecule has 4 heteroatoms. The number of ether oxygens (including phenoxy) is 1. The van der Waals surface area contributed by atoms with Crippen LogP contribution in [0.25, 0.3) is 0 Å². The minimum absolute atomic E-state index is 0.0327. The summed E-state index contributed by atoms with van der Waals surface area (Å²) in [6.07, 6.45) is 0. The first kappa shape index (κ1) is 14.5. The summed E-state index contributed by atoms with van der Waals surface area (Å²) in [5.41, 5.74) is 0.962. The van der Waals surface area contributed by atoms with Crippen LogP contribution >= 0.6 is 0 Å². The predicted octanol–water partition coefficient (Wildman–Crippen LogP) is 1.52. The van der Waals surface area contributed by atoms with Gasteiger partial charge in [-0.2, -0.15) is 0 Å². The van der Waals surface area contributed by atoms with Crippen molar-refractivity contribution in [2.45, 2.75) is 25.8 Å². The number of benzene rings is 1. The lowest BCUT2D eigenvalue weighted by molar-refractivity contribution is -0.122. The Kier molecular flexibility index (Phi) is 5.65. The van der Waals surface area contributed by atoms with Gasteiger partial charge in [0, 0.05) is 12.6 Å². The molecule has 2 unspecified atom stereocenters. The van der Waals surface area contributed by atoms with Crippen molar-refractivity contribution in [1.82, 2.24) is 10.6 Å². The van der Waals surface area contributed by atoms with Gasteiger partial charge in [0.2, 0.25) is 5.91 Å². The van der Waals surface area contributed by atoms with Crippen LogP contribution in [0.2, 0.25) is 0 Å². The van der Waals surface area contributed by atoms with E-state index in [0.717, 1.165) is 11.3 Å². The van der Waals surface area contributed by atoms with Gasteiger partial charge in [0.15, 0.2) is 0 Å². The molecule has 0 aliphatic carbocycles. The van der Waals surface area contributed by atoms with E-state index in [1.165, 1.54) is 0 Å². The number of hydrogen-bond donors (Lipinski definition) is 2. The maximum Gasteiger partial charge on any atom is 0.227 e. The molecule has 0 spiro atoms. The van der Waals surface area contributed by atoms with Crippen LogP contribution in [0.3, 0.4) is 0 Å². The molecule has 100 valence electrons. The third-order valence-corrected chi connectivity index (χ3v) is 3.06. The molecule has 2 atom stereocenters. The van der Waals surface area contributed by atoms with Crippen LogP contribution < -0.4 is 15.4 Å². The zero-order valence-electron chi connectivity index (χ0n) is 11.5. The first-order valence-corrected chi connectivity index (χ1v) is 6.17. The molecule has 0 heterocycles. The minimum Gasteiger partial charge on any atom is -0.497 e. The molecule has 0 saturated carbocycles. The fourth-order valence-electron chi connectivity index (χ4n) is 1.57. The minimum atomic E-state index is -0.177. The van der Waals surface area contributed by atoms with Gasteiger partial charge in [0.1, 0.15) is 5.75 Å². The Hall–Kier alpha value is -1.55. The molecule has 1 rings (SSSR count). The highest BCUT2D eigenvalue weighted by molar-refractivity contribution is 5.83. The van der Waals surface area contributed by atoms with Crippen LogP contribution in [0.4, 0.5) is 0 Å². The van der Waals surface area contributed by atoms with Gasteiger partial charge >= 0.3 is 0 Å². The van der Waals surface area contributed by atoms with Gasteiger partial charge in [-0.25, -0.2) is 0 Å². The molecule has 18 heavy (non-hydrogen) atoms. The number of methoxy groups -OCH3 is 1. The molecule has 0 aliphatic heterocycles. The third-order valence-electron chi connectivity index (χ3n) is 3.06. The number of nitrogens with one attached hydrogen (secondary N) is 2. The highest BCUT2D eigenvalue weighted by atomic mass is 16.5. The highest BCUT2D eigenvalue weighted by Gasteiger charge is 2.15. The number of hydrogen-bond acceptors (Lipinski definition) is 3. The monoisotopic (exact) mass is 250 g/mol. The van der Waals surface area contributed by atoms with E-state index in [1.807, 2.05) is 45.2 Å². The molecule has 4 nitrogen and oxygen atoms in total. The Balaban J connectivity index is 2.62. The molecule has 0 fully saturated rings. The zero-order chi connectivity index (χ0) is 13.5. The normalized spacial score (nSPS) is 13.8. The maximum absolute atomic E-state index is 12.0. The lowest BCUT2D eigenvalue weighted by atomic mass is 10.00. The lowest BCUT2D eigenvalue weighted by Crippen LogP contribution is -2.38. The summed E-state index contributed by atoms with van der Waals surface area (Å²) in [5.74, 6) is 0.630. The standard InChI is InChI=1S/C14H22N2O2/c1-10(15-3)9-16-14(17)11(2)12-6-5-7-13(8-12)18-4/h5-8,10-11,15H,9H2,1-4H3,(H,16,17). The predicted molar refractivity (Wildman–Crippen MR) is 72.9 cm³/mol. The van der Waals surface area contributed by atoms with Crippen LogP contribution in [0, 0.1) is 0 Å². The average Bonchev–Trinajstić information content (AvgIpc) is 2.43. The first-order chi connectivity index (χ1) is 8.58. The van der Waals surface area contributed by atoms with Gasteiger partial charge in [-0.15, -0.1) is 0 Å². The van der Waals surface area contributed by atoms with Gasteiger partial charge in [0.25, 0.3) is 0 Å². The summed E-state index contributed by atoms with van der Waals surface area (Å²) in [7, 11) is 3.50. The Labute approximate surface area is 109 Å². The van der Waals surface area contributed by atoms with E-state index < -0.39 is 0 Å². The molecular formula is C14H22N2O2. The Morgan fingerprint density at radius 3 is 2.72 bits per heavy atom. The molecule has 2 N–H and O–H groups in total. The van der Waals surface area contributed by atoms with Gasteiger partial charge in [0.05, 0.1) is 13.0 Å². The smallest absolute Gasteiger partial charge is 0.227 e. The van der Waals surface area contributed by atoms with Crippen molar-refractivity contribution >= 4 is 5.91 Å². The van der Waals surface area contributed by atoms with Gasteiger partial charge < -0.3 is 15.4 Å². The van der Waals surface area contributed by atoms with Crippen molar-refractivity contribution in [2.75, 3.05) is 20.7 Å². The first-order valence-electron chi connectivity index (χ1n) is 6.17.